The average Bonchev–Trinajstić information content (AvgIpc) is 3.02. The summed E-state index contributed by atoms with van der Waals surface area (Å²) in [5, 5.41) is 5.24. The van der Waals surface area contributed by atoms with Crippen molar-refractivity contribution in [1.29, 1.82) is 0 Å². The molecule has 0 aliphatic carbocycles. The molecule has 1 heteroatoms. The molecule has 0 saturated heterocycles. The molecule has 0 aliphatic rings. The van der Waals surface area contributed by atoms with E-state index in [9.17, 15) is 0 Å². The molecule has 0 atom stereocenters. The number of para-hydroxylation sites is 1. The fraction of sp³-hybridized carbons (Fsp3) is 0.0833. The van der Waals surface area contributed by atoms with Crippen molar-refractivity contribution >= 4 is 32.6 Å². The molecule has 120 valence electrons. The van der Waals surface area contributed by atoms with Gasteiger partial charge < -0.3 is 4.98 Å². The van der Waals surface area contributed by atoms with Crippen LogP contribution in [0.5, 0.6) is 0 Å². The number of hydrogen-bond donors (Lipinski definition) is 1. The van der Waals surface area contributed by atoms with Crippen molar-refractivity contribution in [2.24, 2.45) is 0 Å². The van der Waals surface area contributed by atoms with Gasteiger partial charge in [0.1, 0.15) is 0 Å². The van der Waals surface area contributed by atoms with E-state index in [1.54, 1.807) is 0 Å². The van der Waals surface area contributed by atoms with Crippen LogP contribution < -0.4 is 0 Å². The second kappa shape index (κ2) is 5.22. The Morgan fingerprint density at radius 3 is 2.12 bits per heavy atom. The standard InChI is InChI=1S/C24H19N/c1-15-13-21(19-8-4-3-7-18(19)16(15)2)17-11-12-24-22(14-17)20-9-5-6-10-23(20)25-24/h3-14,25H,1-2H3. The molecular weight excluding hydrogens is 302 g/mol. The van der Waals surface area contributed by atoms with E-state index in [1.807, 2.05) is 0 Å². The van der Waals surface area contributed by atoms with Gasteiger partial charge in [-0.15, -0.1) is 0 Å². The van der Waals surface area contributed by atoms with Crippen LogP contribution in [0.2, 0.25) is 0 Å². The predicted molar refractivity (Wildman–Crippen MR) is 108 cm³/mol. The van der Waals surface area contributed by atoms with E-state index in [0.717, 1.165) is 0 Å². The van der Waals surface area contributed by atoms with Crippen molar-refractivity contribution in [2.75, 3.05) is 0 Å². The maximum Gasteiger partial charge on any atom is 0.0465 e. The van der Waals surface area contributed by atoms with Crippen LogP contribution in [-0.2, 0) is 0 Å². The summed E-state index contributed by atoms with van der Waals surface area (Å²) in [6, 6.07) is 26.3. The highest BCUT2D eigenvalue weighted by molar-refractivity contribution is 6.09. The summed E-state index contributed by atoms with van der Waals surface area (Å²) in [6.07, 6.45) is 0. The molecule has 0 saturated carbocycles. The van der Waals surface area contributed by atoms with Crippen LogP contribution in [-0.4, -0.2) is 4.98 Å². The molecule has 0 bridgehead atoms. The number of aryl methyl sites for hydroxylation is 2. The molecule has 5 aromatic rings. The van der Waals surface area contributed by atoms with Gasteiger partial charge in [-0.3, -0.25) is 0 Å². The highest BCUT2D eigenvalue weighted by Gasteiger charge is 2.10. The first-order chi connectivity index (χ1) is 12.2. The number of H-pyrrole nitrogens is 1. The van der Waals surface area contributed by atoms with E-state index in [4.69, 9.17) is 0 Å². The summed E-state index contributed by atoms with van der Waals surface area (Å²) >= 11 is 0. The second-order valence-corrected chi connectivity index (χ2v) is 6.84. The summed E-state index contributed by atoms with van der Waals surface area (Å²) in [5.41, 5.74) is 7.68. The molecule has 0 unspecified atom stereocenters. The highest BCUT2D eigenvalue weighted by Crippen LogP contribution is 2.35. The van der Waals surface area contributed by atoms with E-state index < -0.39 is 0 Å². The molecule has 0 aliphatic heterocycles. The first-order valence-corrected chi connectivity index (χ1v) is 8.72. The number of rotatable bonds is 1. The van der Waals surface area contributed by atoms with Crippen molar-refractivity contribution in [3.8, 4) is 11.1 Å². The Labute approximate surface area is 146 Å². The first-order valence-electron chi connectivity index (χ1n) is 8.72. The molecule has 4 aromatic carbocycles. The minimum Gasteiger partial charge on any atom is -0.355 e. The lowest BCUT2D eigenvalue weighted by Gasteiger charge is -2.12. The van der Waals surface area contributed by atoms with Crippen LogP contribution in [0.4, 0.5) is 0 Å². The molecule has 1 heterocycles. The molecule has 1 nitrogen and oxygen atoms in total. The molecule has 1 N–H and O–H groups in total. The molecule has 1 aromatic heterocycles. The van der Waals surface area contributed by atoms with Gasteiger partial charge in [-0.25, -0.2) is 0 Å². The van der Waals surface area contributed by atoms with Crippen LogP contribution >= 0.6 is 0 Å². The summed E-state index contributed by atoms with van der Waals surface area (Å²) in [6.45, 7) is 4.42. The Balaban J connectivity index is 1.86. The van der Waals surface area contributed by atoms with Crippen LogP contribution in [0.3, 0.4) is 0 Å². The van der Waals surface area contributed by atoms with E-state index in [-0.39, 0.29) is 0 Å². The second-order valence-electron chi connectivity index (χ2n) is 6.84. The predicted octanol–water partition coefficient (Wildman–Crippen LogP) is 6.76. The minimum atomic E-state index is 1.19. The lowest BCUT2D eigenvalue weighted by atomic mass is 9.92. The first kappa shape index (κ1) is 14.3. The van der Waals surface area contributed by atoms with Gasteiger partial charge in [0.25, 0.3) is 0 Å². The summed E-state index contributed by atoms with van der Waals surface area (Å²) in [4.78, 5) is 3.51. The SMILES string of the molecule is Cc1cc(-c2ccc3[nH]c4ccccc4c3c2)c2ccccc2c1C. The van der Waals surface area contributed by atoms with Crippen LogP contribution in [0.25, 0.3) is 43.7 Å². The topological polar surface area (TPSA) is 15.8 Å². The summed E-state index contributed by atoms with van der Waals surface area (Å²) in [7, 11) is 0. The van der Waals surface area contributed by atoms with Gasteiger partial charge in [0.15, 0.2) is 0 Å². The molecule has 0 fully saturated rings. The van der Waals surface area contributed by atoms with Gasteiger partial charge in [0.2, 0.25) is 0 Å². The fourth-order valence-corrected chi connectivity index (χ4v) is 3.91. The number of nitrogens with one attached hydrogen (secondary N) is 1. The lowest BCUT2D eigenvalue weighted by Crippen LogP contribution is -1.88. The molecular formula is C24H19N. The zero-order valence-electron chi connectivity index (χ0n) is 14.4. The third-order valence-corrected chi connectivity index (χ3v) is 5.39. The zero-order chi connectivity index (χ0) is 17.0. The minimum absolute atomic E-state index is 1.19. The fourth-order valence-electron chi connectivity index (χ4n) is 3.91. The number of aromatic nitrogens is 1. The maximum atomic E-state index is 3.51. The van der Waals surface area contributed by atoms with Crippen molar-refractivity contribution in [1.82, 2.24) is 4.98 Å². The molecule has 0 radical (unpaired) electrons. The van der Waals surface area contributed by atoms with Crippen molar-refractivity contribution in [3.05, 3.63) is 83.9 Å². The monoisotopic (exact) mass is 321 g/mol. The van der Waals surface area contributed by atoms with Crippen molar-refractivity contribution in [3.63, 3.8) is 0 Å². The van der Waals surface area contributed by atoms with E-state index >= 15 is 0 Å². The number of benzene rings is 4. The lowest BCUT2D eigenvalue weighted by molar-refractivity contribution is 1.38. The zero-order valence-corrected chi connectivity index (χ0v) is 14.4. The van der Waals surface area contributed by atoms with Crippen molar-refractivity contribution < 1.29 is 0 Å². The number of hydrogen-bond acceptors (Lipinski definition) is 0. The molecule has 0 amide bonds. The molecule has 5 rings (SSSR count). The Kier molecular flexibility index (Phi) is 2.98. The van der Waals surface area contributed by atoms with Gasteiger partial charge in [0.05, 0.1) is 0 Å². The number of fused-ring (bicyclic) bond motifs is 4. The highest BCUT2D eigenvalue weighted by atomic mass is 14.7. The number of aromatic amines is 1. The third kappa shape index (κ3) is 2.09. The Morgan fingerprint density at radius 2 is 1.28 bits per heavy atom. The molecule has 0 spiro atoms. The van der Waals surface area contributed by atoms with Gasteiger partial charge in [-0.1, -0.05) is 54.6 Å². The smallest absolute Gasteiger partial charge is 0.0465 e. The average molecular weight is 321 g/mol. The third-order valence-electron chi connectivity index (χ3n) is 5.39. The Morgan fingerprint density at radius 1 is 0.600 bits per heavy atom. The Hall–Kier alpha value is -3.06. The van der Waals surface area contributed by atoms with Crippen LogP contribution in [0.1, 0.15) is 11.1 Å². The van der Waals surface area contributed by atoms with Gasteiger partial charge in [-0.05, 0) is 65.1 Å². The largest absolute Gasteiger partial charge is 0.355 e. The summed E-state index contributed by atoms with van der Waals surface area (Å²) < 4.78 is 0. The molecule has 25 heavy (non-hydrogen) atoms. The Bertz CT molecular complexity index is 1260. The van der Waals surface area contributed by atoms with Crippen LogP contribution in [0, 0.1) is 13.8 Å². The van der Waals surface area contributed by atoms with E-state index in [1.165, 1.54) is 54.8 Å². The van der Waals surface area contributed by atoms with Crippen LogP contribution in [0.15, 0.2) is 72.8 Å². The quantitative estimate of drug-likeness (QED) is 0.351. The maximum absolute atomic E-state index is 3.51. The van der Waals surface area contributed by atoms with E-state index in [0.29, 0.717) is 0 Å². The van der Waals surface area contributed by atoms with Gasteiger partial charge >= 0.3 is 0 Å². The van der Waals surface area contributed by atoms with Crippen molar-refractivity contribution in [2.45, 2.75) is 13.8 Å². The van der Waals surface area contributed by atoms with Gasteiger partial charge in [0, 0.05) is 21.8 Å². The summed E-state index contributed by atoms with van der Waals surface area (Å²) in [5.74, 6) is 0. The van der Waals surface area contributed by atoms with E-state index in [2.05, 4.69) is 91.6 Å². The normalized spacial score (nSPS) is 11.6. The van der Waals surface area contributed by atoms with Gasteiger partial charge in [-0.2, -0.15) is 0 Å².